The van der Waals surface area contributed by atoms with Gasteiger partial charge < -0.3 is 19.9 Å². The van der Waals surface area contributed by atoms with Crippen molar-refractivity contribution in [1.82, 2.24) is 5.16 Å². The number of hydrogen-bond donors (Lipinski definition) is 1. The number of nitrogens with zero attached hydrogens (tertiary/aromatic N) is 2. The molecule has 1 fully saturated rings. The highest BCUT2D eigenvalue weighted by Crippen LogP contribution is 2.27. The molecule has 0 amide bonds. The van der Waals surface area contributed by atoms with Crippen molar-refractivity contribution in [2.45, 2.75) is 0 Å². The molecule has 3 rings (SSSR count). The Balaban J connectivity index is 2.03. The minimum Gasteiger partial charge on any atom is -0.399 e. The van der Waals surface area contributed by atoms with Crippen molar-refractivity contribution in [3.63, 3.8) is 0 Å². The van der Waals surface area contributed by atoms with Crippen molar-refractivity contribution in [1.29, 1.82) is 0 Å². The van der Waals surface area contributed by atoms with Crippen LogP contribution in [0.1, 0.15) is 0 Å². The maximum atomic E-state index is 5.69. The Morgan fingerprint density at radius 1 is 1.25 bits per heavy atom. The van der Waals surface area contributed by atoms with Gasteiger partial charge >= 0.3 is 0 Å². The highest BCUT2D eigenvalue weighted by molar-refractivity contribution is 5.90. The maximum Gasteiger partial charge on any atom is 0.180 e. The molecule has 16 heavy (non-hydrogen) atoms. The molecule has 1 aliphatic rings. The van der Waals surface area contributed by atoms with Crippen LogP contribution in [0.25, 0.3) is 11.0 Å². The number of hydrogen-bond acceptors (Lipinski definition) is 5. The molecule has 1 aromatic heterocycles. The zero-order chi connectivity index (χ0) is 11.0. The molecule has 1 saturated heterocycles. The van der Waals surface area contributed by atoms with Crippen LogP contribution in [0.2, 0.25) is 0 Å². The number of rotatable bonds is 1. The zero-order valence-electron chi connectivity index (χ0n) is 8.85. The van der Waals surface area contributed by atoms with Crippen LogP contribution in [0.4, 0.5) is 11.5 Å². The molecule has 0 radical (unpaired) electrons. The first-order valence-corrected chi connectivity index (χ1v) is 5.32. The fourth-order valence-electron chi connectivity index (χ4n) is 1.94. The zero-order valence-corrected chi connectivity index (χ0v) is 8.85. The van der Waals surface area contributed by atoms with Gasteiger partial charge in [-0.25, -0.2) is 0 Å². The smallest absolute Gasteiger partial charge is 0.180 e. The van der Waals surface area contributed by atoms with Crippen LogP contribution in [0, 0.1) is 0 Å². The van der Waals surface area contributed by atoms with E-state index in [-0.39, 0.29) is 0 Å². The van der Waals surface area contributed by atoms with E-state index in [2.05, 4.69) is 10.1 Å². The molecule has 2 heterocycles. The van der Waals surface area contributed by atoms with E-state index in [9.17, 15) is 0 Å². The molecule has 2 N–H and O–H groups in total. The predicted octanol–water partition coefficient (Wildman–Crippen LogP) is 1.25. The normalized spacial score (nSPS) is 16.9. The fraction of sp³-hybridized carbons (Fsp3) is 0.364. The number of nitrogen functional groups attached to an aromatic ring is 1. The van der Waals surface area contributed by atoms with Crippen LogP contribution in [0.3, 0.4) is 0 Å². The molecular weight excluding hydrogens is 206 g/mol. The lowest BCUT2D eigenvalue weighted by atomic mass is 10.2. The average molecular weight is 219 g/mol. The van der Waals surface area contributed by atoms with Crippen LogP contribution >= 0.6 is 0 Å². The summed E-state index contributed by atoms with van der Waals surface area (Å²) in [6.07, 6.45) is 0. The van der Waals surface area contributed by atoms with Gasteiger partial charge in [-0.3, -0.25) is 0 Å². The minimum atomic E-state index is 0.692. The first-order chi connectivity index (χ1) is 7.84. The predicted molar refractivity (Wildman–Crippen MR) is 61.5 cm³/mol. The van der Waals surface area contributed by atoms with E-state index in [1.165, 1.54) is 0 Å². The van der Waals surface area contributed by atoms with Gasteiger partial charge in [-0.05, 0) is 12.1 Å². The lowest BCUT2D eigenvalue weighted by Crippen LogP contribution is -2.36. The number of morpholine rings is 1. The molecule has 2 aromatic rings. The molecule has 0 spiro atoms. The highest BCUT2D eigenvalue weighted by atomic mass is 16.5. The second-order valence-electron chi connectivity index (χ2n) is 3.86. The third-order valence-corrected chi connectivity index (χ3v) is 2.79. The molecule has 0 aliphatic carbocycles. The van der Waals surface area contributed by atoms with Gasteiger partial charge in [0.15, 0.2) is 11.4 Å². The third-order valence-electron chi connectivity index (χ3n) is 2.79. The number of nitrogens with two attached hydrogens (primary N) is 1. The third kappa shape index (κ3) is 1.49. The van der Waals surface area contributed by atoms with Gasteiger partial charge in [-0.1, -0.05) is 5.16 Å². The minimum absolute atomic E-state index is 0.692. The highest BCUT2D eigenvalue weighted by Gasteiger charge is 2.17. The van der Waals surface area contributed by atoms with Crippen LogP contribution in [-0.2, 0) is 4.74 Å². The van der Waals surface area contributed by atoms with Crippen molar-refractivity contribution in [3.8, 4) is 0 Å². The van der Waals surface area contributed by atoms with Crippen LogP contribution < -0.4 is 10.6 Å². The van der Waals surface area contributed by atoms with Crippen molar-refractivity contribution >= 4 is 22.5 Å². The average Bonchev–Trinajstić information content (AvgIpc) is 2.73. The van der Waals surface area contributed by atoms with Gasteiger partial charge in [0.25, 0.3) is 0 Å². The van der Waals surface area contributed by atoms with E-state index >= 15 is 0 Å². The topological polar surface area (TPSA) is 64.5 Å². The molecular formula is C11H13N3O2. The summed E-state index contributed by atoms with van der Waals surface area (Å²) in [5, 5.41) is 5.11. The monoisotopic (exact) mass is 219 g/mol. The molecule has 1 aliphatic heterocycles. The van der Waals surface area contributed by atoms with E-state index in [0.717, 1.165) is 43.1 Å². The Hall–Kier alpha value is -1.75. The lowest BCUT2D eigenvalue weighted by molar-refractivity contribution is 0.122. The van der Waals surface area contributed by atoms with Gasteiger partial charge in [0.1, 0.15) is 0 Å². The van der Waals surface area contributed by atoms with Gasteiger partial charge in [0.05, 0.1) is 18.6 Å². The van der Waals surface area contributed by atoms with Crippen molar-refractivity contribution in [2.24, 2.45) is 0 Å². The molecule has 0 saturated carbocycles. The van der Waals surface area contributed by atoms with Gasteiger partial charge in [0, 0.05) is 24.8 Å². The van der Waals surface area contributed by atoms with Gasteiger partial charge in [-0.15, -0.1) is 0 Å². The maximum absolute atomic E-state index is 5.69. The summed E-state index contributed by atoms with van der Waals surface area (Å²) in [6, 6.07) is 5.61. The van der Waals surface area contributed by atoms with Crippen molar-refractivity contribution in [3.05, 3.63) is 18.2 Å². The number of fused-ring (bicyclic) bond motifs is 1. The van der Waals surface area contributed by atoms with Crippen LogP contribution in [0.15, 0.2) is 22.7 Å². The Labute approximate surface area is 92.7 Å². The summed E-state index contributed by atoms with van der Waals surface area (Å²) in [6.45, 7) is 3.19. The Morgan fingerprint density at radius 2 is 2.06 bits per heavy atom. The summed E-state index contributed by atoms with van der Waals surface area (Å²) >= 11 is 0. The molecule has 1 aromatic carbocycles. The number of aromatic nitrogens is 1. The standard InChI is InChI=1S/C11H13N3O2/c12-8-1-2-9-10(7-8)16-13-11(9)14-3-5-15-6-4-14/h1-2,7H,3-6,12H2. The molecule has 5 heteroatoms. The van der Waals surface area contributed by atoms with Crippen molar-refractivity contribution < 1.29 is 9.26 Å². The van der Waals surface area contributed by atoms with Gasteiger partial charge in [0.2, 0.25) is 0 Å². The first kappa shape index (κ1) is 9.47. The Morgan fingerprint density at radius 3 is 2.88 bits per heavy atom. The summed E-state index contributed by atoms with van der Waals surface area (Å²) in [7, 11) is 0. The van der Waals surface area contributed by atoms with E-state index in [1.807, 2.05) is 12.1 Å². The SMILES string of the molecule is Nc1ccc2c(N3CCOCC3)noc2c1. The van der Waals surface area contributed by atoms with E-state index < -0.39 is 0 Å². The Kier molecular flexibility index (Phi) is 2.18. The largest absolute Gasteiger partial charge is 0.399 e. The fourth-order valence-corrected chi connectivity index (χ4v) is 1.94. The first-order valence-electron chi connectivity index (χ1n) is 5.32. The van der Waals surface area contributed by atoms with E-state index in [1.54, 1.807) is 6.07 Å². The molecule has 0 unspecified atom stereocenters. The second-order valence-corrected chi connectivity index (χ2v) is 3.86. The van der Waals surface area contributed by atoms with E-state index in [4.69, 9.17) is 15.0 Å². The summed E-state index contributed by atoms with van der Waals surface area (Å²) in [5.41, 5.74) is 7.12. The van der Waals surface area contributed by atoms with Gasteiger partial charge in [-0.2, -0.15) is 0 Å². The Bertz CT molecular complexity index is 503. The molecule has 0 atom stereocenters. The second kappa shape index (κ2) is 3.68. The number of ether oxygens (including phenoxy) is 1. The summed E-state index contributed by atoms with van der Waals surface area (Å²) in [4.78, 5) is 2.17. The van der Waals surface area contributed by atoms with Crippen LogP contribution in [0.5, 0.6) is 0 Å². The summed E-state index contributed by atoms with van der Waals surface area (Å²) < 4.78 is 10.6. The number of anilines is 2. The van der Waals surface area contributed by atoms with E-state index in [0.29, 0.717) is 5.69 Å². The number of benzene rings is 1. The lowest BCUT2D eigenvalue weighted by Gasteiger charge is -2.26. The summed E-state index contributed by atoms with van der Waals surface area (Å²) in [5.74, 6) is 0.887. The molecule has 84 valence electrons. The molecule has 5 nitrogen and oxygen atoms in total. The molecule has 0 bridgehead atoms. The van der Waals surface area contributed by atoms with Crippen LogP contribution in [-0.4, -0.2) is 31.5 Å². The van der Waals surface area contributed by atoms with Crippen molar-refractivity contribution in [2.75, 3.05) is 36.9 Å². The quantitative estimate of drug-likeness (QED) is 0.731.